The molecule has 3 rings (SSSR count). The van der Waals surface area contributed by atoms with Crippen molar-refractivity contribution >= 4 is 28.6 Å². The maximum atomic E-state index is 11.8. The lowest BCUT2D eigenvalue weighted by molar-refractivity contribution is -0.920. The molecule has 0 saturated carbocycles. The van der Waals surface area contributed by atoms with E-state index in [4.69, 9.17) is 4.74 Å². The fourth-order valence-corrected chi connectivity index (χ4v) is 2.62. The Morgan fingerprint density at radius 2 is 2.00 bits per heavy atom. The minimum Gasteiger partial charge on any atom is -0.455 e. The molecule has 15 heavy (non-hydrogen) atoms. The van der Waals surface area contributed by atoms with Crippen LogP contribution in [0.25, 0.3) is 0 Å². The molecule has 0 aromatic rings. The number of halogens is 1. The molecular weight excluding hydrogens is 305 g/mol. The Hall–Kier alpha value is 0.160. The van der Waals surface area contributed by atoms with E-state index in [0.717, 1.165) is 6.54 Å². The quantitative estimate of drug-likeness (QED) is 0.453. The minimum absolute atomic E-state index is 0.0544. The van der Waals surface area contributed by atoms with E-state index >= 15 is 0 Å². The lowest BCUT2D eigenvalue weighted by Crippen LogP contribution is -3.16. The second-order valence-electron chi connectivity index (χ2n) is 5.21. The summed E-state index contributed by atoms with van der Waals surface area (Å²) in [6.07, 6.45) is 2.65. The molecule has 1 N–H and O–H groups in total. The van der Waals surface area contributed by atoms with Gasteiger partial charge in [0.2, 0.25) is 0 Å². The van der Waals surface area contributed by atoms with E-state index in [1.165, 1.54) is 25.9 Å². The van der Waals surface area contributed by atoms with Crippen LogP contribution in [0.4, 0.5) is 0 Å². The summed E-state index contributed by atoms with van der Waals surface area (Å²) in [5.41, 5.74) is 0. The predicted molar refractivity (Wildman–Crippen MR) is 66.3 cm³/mol. The number of carbonyl (C=O) groups excluding carboxylic acids is 1. The van der Waals surface area contributed by atoms with Crippen LogP contribution in [0.15, 0.2) is 0 Å². The van der Waals surface area contributed by atoms with Crippen molar-refractivity contribution in [3.63, 3.8) is 0 Å². The average Bonchev–Trinajstić information content (AvgIpc) is 2.18. The molecule has 3 aliphatic heterocycles. The number of quaternary nitrogens is 1. The van der Waals surface area contributed by atoms with Crippen LogP contribution in [0.1, 0.15) is 26.7 Å². The molecule has 86 valence electrons. The molecule has 4 heteroatoms. The van der Waals surface area contributed by atoms with Crippen LogP contribution in [0, 0.1) is 5.92 Å². The summed E-state index contributed by atoms with van der Waals surface area (Å²) in [4.78, 5) is 13.4. The standard InChI is InChI=1S/C11H18INO2/c1-11(2,12)10(14)15-9-7-13-5-3-8(9)4-6-13/h8-9H,3-7H2,1-2H3/p+1. The Labute approximate surface area is 105 Å². The molecule has 0 spiro atoms. The van der Waals surface area contributed by atoms with Gasteiger partial charge in [0, 0.05) is 18.8 Å². The Morgan fingerprint density at radius 3 is 2.40 bits per heavy atom. The van der Waals surface area contributed by atoms with Gasteiger partial charge in [-0.15, -0.1) is 0 Å². The molecule has 0 radical (unpaired) electrons. The zero-order chi connectivity index (χ0) is 11.1. The van der Waals surface area contributed by atoms with Crippen LogP contribution in [-0.4, -0.2) is 35.1 Å². The summed E-state index contributed by atoms with van der Waals surface area (Å²) in [5, 5.41) is 0. The monoisotopic (exact) mass is 324 g/mol. The van der Waals surface area contributed by atoms with E-state index in [1.54, 1.807) is 4.90 Å². The van der Waals surface area contributed by atoms with Crippen molar-refractivity contribution in [1.82, 2.24) is 0 Å². The highest BCUT2D eigenvalue weighted by molar-refractivity contribution is 14.1. The molecule has 3 saturated heterocycles. The van der Waals surface area contributed by atoms with E-state index in [2.05, 4.69) is 22.6 Å². The molecule has 2 bridgehead atoms. The van der Waals surface area contributed by atoms with Crippen molar-refractivity contribution in [2.45, 2.75) is 36.2 Å². The zero-order valence-corrected chi connectivity index (χ0v) is 11.5. The molecule has 1 unspecified atom stereocenters. The fourth-order valence-electron chi connectivity index (χ4n) is 2.49. The smallest absolute Gasteiger partial charge is 0.321 e. The third-order valence-electron chi connectivity index (χ3n) is 3.50. The first-order valence-electron chi connectivity index (χ1n) is 5.70. The highest BCUT2D eigenvalue weighted by Crippen LogP contribution is 2.25. The summed E-state index contributed by atoms with van der Waals surface area (Å²) in [6.45, 7) is 7.38. The molecule has 1 atom stereocenters. The SMILES string of the molecule is CC(C)(I)C(=O)OC1C[NH+]2CCC1CC2. The van der Waals surface area contributed by atoms with E-state index in [9.17, 15) is 4.79 Å². The molecule has 0 aliphatic carbocycles. The fraction of sp³-hybridized carbons (Fsp3) is 0.909. The van der Waals surface area contributed by atoms with Crippen LogP contribution < -0.4 is 4.90 Å². The lowest BCUT2D eigenvalue weighted by Gasteiger charge is -2.41. The average molecular weight is 324 g/mol. The highest BCUT2D eigenvalue weighted by Gasteiger charge is 2.41. The van der Waals surface area contributed by atoms with Gasteiger partial charge < -0.3 is 9.64 Å². The van der Waals surface area contributed by atoms with Gasteiger partial charge in [0.15, 0.2) is 6.10 Å². The van der Waals surface area contributed by atoms with Crippen molar-refractivity contribution < 1.29 is 14.4 Å². The molecule has 3 fully saturated rings. The van der Waals surface area contributed by atoms with Crippen LogP contribution >= 0.6 is 22.6 Å². The Bertz CT molecular complexity index is 254. The zero-order valence-electron chi connectivity index (χ0n) is 9.38. The minimum atomic E-state index is -0.390. The number of alkyl halides is 1. The first kappa shape index (κ1) is 11.6. The largest absolute Gasteiger partial charge is 0.455 e. The van der Waals surface area contributed by atoms with Crippen molar-refractivity contribution in [2.24, 2.45) is 5.92 Å². The summed E-state index contributed by atoms with van der Waals surface area (Å²) in [6, 6.07) is 0. The first-order valence-corrected chi connectivity index (χ1v) is 6.78. The number of nitrogens with one attached hydrogen (secondary N) is 1. The van der Waals surface area contributed by atoms with Crippen molar-refractivity contribution in [1.29, 1.82) is 0 Å². The number of esters is 1. The van der Waals surface area contributed by atoms with Crippen LogP contribution in [0.5, 0.6) is 0 Å². The number of piperidine rings is 3. The van der Waals surface area contributed by atoms with Crippen molar-refractivity contribution in [3.05, 3.63) is 0 Å². The summed E-state index contributed by atoms with van der Waals surface area (Å²) >= 11 is 2.15. The van der Waals surface area contributed by atoms with Gasteiger partial charge in [0.1, 0.15) is 9.97 Å². The Kier molecular flexibility index (Phi) is 3.26. The second kappa shape index (κ2) is 4.20. The Morgan fingerprint density at radius 1 is 1.40 bits per heavy atom. The molecule has 0 aromatic carbocycles. The van der Waals surface area contributed by atoms with E-state index < -0.39 is 0 Å². The maximum absolute atomic E-state index is 11.8. The highest BCUT2D eigenvalue weighted by atomic mass is 127. The number of carbonyl (C=O) groups is 1. The molecule has 3 aliphatic rings. The first-order chi connectivity index (χ1) is 6.97. The Balaban J connectivity index is 1.93. The third-order valence-corrected chi connectivity index (χ3v) is 3.94. The van der Waals surface area contributed by atoms with E-state index in [1.807, 2.05) is 13.8 Å². The number of fused-ring (bicyclic) bond motifs is 3. The van der Waals surface area contributed by atoms with Crippen molar-refractivity contribution in [2.75, 3.05) is 19.6 Å². The number of hydrogen-bond acceptors (Lipinski definition) is 2. The van der Waals surface area contributed by atoms with Gasteiger partial charge >= 0.3 is 5.97 Å². The van der Waals surface area contributed by atoms with Gasteiger partial charge in [0.05, 0.1) is 13.1 Å². The van der Waals surface area contributed by atoms with Crippen LogP contribution in [0.2, 0.25) is 0 Å². The van der Waals surface area contributed by atoms with Gasteiger partial charge in [-0.05, 0) is 13.8 Å². The van der Waals surface area contributed by atoms with E-state index in [0.29, 0.717) is 5.92 Å². The number of hydrogen-bond donors (Lipinski definition) is 1. The summed E-state index contributed by atoms with van der Waals surface area (Å²) < 4.78 is 5.23. The molecule has 0 amide bonds. The van der Waals surface area contributed by atoms with Gasteiger partial charge in [-0.2, -0.15) is 0 Å². The molecule has 0 aromatic heterocycles. The topological polar surface area (TPSA) is 30.7 Å². The number of rotatable bonds is 2. The van der Waals surface area contributed by atoms with Crippen LogP contribution in [0.3, 0.4) is 0 Å². The number of ether oxygens (including phenoxy) is 1. The third kappa shape index (κ3) is 2.64. The van der Waals surface area contributed by atoms with Gasteiger partial charge in [-0.25, -0.2) is 0 Å². The van der Waals surface area contributed by atoms with Crippen LogP contribution in [-0.2, 0) is 9.53 Å². The van der Waals surface area contributed by atoms with Gasteiger partial charge in [0.25, 0.3) is 0 Å². The predicted octanol–water partition coefficient (Wildman–Crippen LogP) is 0.420. The van der Waals surface area contributed by atoms with E-state index in [-0.39, 0.29) is 15.5 Å². The maximum Gasteiger partial charge on any atom is 0.321 e. The lowest BCUT2D eigenvalue weighted by atomic mass is 9.86. The normalized spacial score (nSPS) is 35.3. The molecule has 3 heterocycles. The van der Waals surface area contributed by atoms with Crippen molar-refractivity contribution in [3.8, 4) is 0 Å². The molecular formula is C11H19INO2+. The van der Waals surface area contributed by atoms with Gasteiger partial charge in [-0.1, -0.05) is 22.6 Å². The summed E-state index contributed by atoms with van der Waals surface area (Å²) in [5.74, 6) is 0.575. The molecule has 3 nitrogen and oxygen atoms in total. The summed E-state index contributed by atoms with van der Waals surface area (Å²) in [7, 11) is 0. The van der Waals surface area contributed by atoms with Gasteiger partial charge in [-0.3, -0.25) is 4.79 Å². The second-order valence-corrected chi connectivity index (χ2v) is 7.90.